The first-order chi connectivity index (χ1) is 10.9. The molecule has 1 amide bonds. The zero-order valence-electron chi connectivity index (χ0n) is 13.9. The Hall–Kier alpha value is -2.11. The van der Waals surface area contributed by atoms with Gasteiger partial charge in [-0.05, 0) is 30.4 Å². The third-order valence-corrected chi connectivity index (χ3v) is 3.95. The van der Waals surface area contributed by atoms with Crippen LogP contribution in [0, 0.1) is 5.41 Å². The molecule has 2 aromatic heterocycles. The second-order valence-electron chi connectivity index (χ2n) is 7.34. The third kappa shape index (κ3) is 3.81. The lowest BCUT2D eigenvalue weighted by Crippen LogP contribution is -2.39. The van der Waals surface area contributed by atoms with Gasteiger partial charge in [-0.25, -0.2) is 0 Å². The van der Waals surface area contributed by atoms with Crippen LogP contribution in [0.5, 0.6) is 0 Å². The van der Waals surface area contributed by atoms with E-state index in [0.29, 0.717) is 24.1 Å². The van der Waals surface area contributed by atoms with Crippen molar-refractivity contribution in [3.8, 4) is 0 Å². The maximum absolute atomic E-state index is 12.4. The topological polar surface area (TPSA) is 72.4 Å². The second kappa shape index (κ2) is 6.18. The van der Waals surface area contributed by atoms with E-state index >= 15 is 0 Å². The lowest BCUT2D eigenvalue weighted by atomic mass is 9.92. The Morgan fingerprint density at radius 3 is 2.91 bits per heavy atom. The molecule has 0 N–H and O–H groups in total. The predicted molar refractivity (Wildman–Crippen MR) is 84.0 cm³/mol. The number of carbonyl (C=O) groups excluding carboxylic acids is 1. The van der Waals surface area contributed by atoms with Crippen molar-refractivity contribution in [1.29, 1.82) is 0 Å². The van der Waals surface area contributed by atoms with Crippen LogP contribution in [0.3, 0.4) is 0 Å². The number of hydrogen-bond donors (Lipinski definition) is 0. The van der Waals surface area contributed by atoms with Crippen molar-refractivity contribution in [2.24, 2.45) is 5.41 Å². The Morgan fingerprint density at radius 1 is 1.39 bits per heavy atom. The minimum Gasteiger partial charge on any atom is -0.459 e. The van der Waals surface area contributed by atoms with E-state index in [-0.39, 0.29) is 17.2 Å². The molecule has 3 heterocycles. The van der Waals surface area contributed by atoms with Gasteiger partial charge >= 0.3 is 0 Å². The Balaban J connectivity index is 1.68. The predicted octanol–water partition coefficient (Wildman–Crippen LogP) is 3.27. The van der Waals surface area contributed by atoms with E-state index in [1.807, 2.05) is 0 Å². The van der Waals surface area contributed by atoms with E-state index in [4.69, 9.17) is 8.83 Å². The zero-order chi connectivity index (χ0) is 16.4. The minimum atomic E-state index is -0.0749. The fraction of sp³-hybridized carbons (Fsp3) is 0.588. The summed E-state index contributed by atoms with van der Waals surface area (Å²) in [5.41, 5.74) is 0.109. The molecule has 3 rings (SSSR count). The molecule has 0 bridgehead atoms. The van der Waals surface area contributed by atoms with E-state index < -0.39 is 0 Å². The summed E-state index contributed by atoms with van der Waals surface area (Å²) < 4.78 is 11.0. The number of amides is 1. The van der Waals surface area contributed by atoms with E-state index in [2.05, 4.69) is 31.0 Å². The van der Waals surface area contributed by atoms with Crippen LogP contribution in [0.1, 0.15) is 61.9 Å². The highest BCUT2D eigenvalue weighted by atomic mass is 16.4. The fourth-order valence-corrected chi connectivity index (χ4v) is 2.88. The van der Waals surface area contributed by atoms with Crippen LogP contribution in [0.2, 0.25) is 0 Å². The van der Waals surface area contributed by atoms with Crippen molar-refractivity contribution in [2.75, 3.05) is 13.1 Å². The largest absolute Gasteiger partial charge is 0.459 e. The third-order valence-electron chi connectivity index (χ3n) is 3.95. The number of aromatic nitrogens is 2. The van der Waals surface area contributed by atoms with Gasteiger partial charge < -0.3 is 13.7 Å². The van der Waals surface area contributed by atoms with Crippen LogP contribution in [0.15, 0.2) is 27.2 Å². The molecule has 124 valence electrons. The Bertz CT molecular complexity index is 655. The summed E-state index contributed by atoms with van der Waals surface area (Å²) in [7, 11) is 0. The Kier molecular flexibility index (Phi) is 4.24. The van der Waals surface area contributed by atoms with Crippen LogP contribution >= 0.6 is 0 Å². The van der Waals surface area contributed by atoms with Crippen molar-refractivity contribution in [2.45, 2.75) is 46.0 Å². The average Bonchev–Trinajstić information content (AvgIpc) is 3.16. The van der Waals surface area contributed by atoms with Gasteiger partial charge in [-0.1, -0.05) is 20.8 Å². The first-order valence-electron chi connectivity index (χ1n) is 8.07. The summed E-state index contributed by atoms with van der Waals surface area (Å²) in [6, 6.07) is 3.42. The Labute approximate surface area is 135 Å². The molecule has 1 fully saturated rings. The van der Waals surface area contributed by atoms with Crippen molar-refractivity contribution in [1.82, 2.24) is 15.1 Å². The fourth-order valence-electron chi connectivity index (χ4n) is 2.88. The summed E-state index contributed by atoms with van der Waals surface area (Å²) in [6.45, 7) is 7.75. The smallest absolute Gasteiger partial charge is 0.289 e. The monoisotopic (exact) mass is 317 g/mol. The summed E-state index contributed by atoms with van der Waals surface area (Å²) in [4.78, 5) is 14.2. The van der Waals surface area contributed by atoms with Crippen LogP contribution in [0.25, 0.3) is 0 Å². The molecule has 1 atom stereocenters. The highest BCUT2D eigenvalue weighted by molar-refractivity contribution is 5.91. The average molecular weight is 317 g/mol. The molecule has 0 radical (unpaired) electrons. The number of nitrogens with zero attached hydrogens (tertiary/aromatic N) is 3. The summed E-state index contributed by atoms with van der Waals surface area (Å²) in [5, 5.41) is 8.36. The van der Waals surface area contributed by atoms with Crippen LogP contribution in [-0.2, 0) is 6.42 Å². The normalized spacial score (nSPS) is 19.1. The van der Waals surface area contributed by atoms with Gasteiger partial charge in [0, 0.05) is 19.5 Å². The van der Waals surface area contributed by atoms with E-state index in [0.717, 1.165) is 25.8 Å². The number of hydrogen-bond acceptors (Lipinski definition) is 5. The summed E-state index contributed by atoms with van der Waals surface area (Å²) in [5.74, 6) is 1.71. The van der Waals surface area contributed by atoms with Gasteiger partial charge in [0.25, 0.3) is 5.91 Å². The van der Waals surface area contributed by atoms with Crippen LogP contribution in [-0.4, -0.2) is 34.1 Å². The maximum atomic E-state index is 12.4. The minimum absolute atomic E-state index is 0.0749. The lowest BCUT2D eigenvalue weighted by molar-refractivity contribution is 0.0665. The van der Waals surface area contributed by atoms with Crippen molar-refractivity contribution < 1.29 is 13.6 Å². The molecular formula is C17H23N3O3. The van der Waals surface area contributed by atoms with Gasteiger partial charge in [0.1, 0.15) is 0 Å². The van der Waals surface area contributed by atoms with Gasteiger partial charge in [0.2, 0.25) is 11.8 Å². The van der Waals surface area contributed by atoms with Crippen LogP contribution in [0.4, 0.5) is 0 Å². The molecule has 0 spiro atoms. The van der Waals surface area contributed by atoms with Crippen molar-refractivity contribution in [3.05, 3.63) is 35.9 Å². The molecule has 6 heteroatoms. The maximum Gasteiger partial charge on any atom is 0.289 e. The molecule has 0 aliphatic carbocycles. The molecular weight excluding hydrogens is 294 g/mol. The quantitative estimate of drug-likeness (QED) is 0.868. The first-order valence-corrected chi connectivity index (χ1v) is 8.07. The number of rotatable bonds is 3. The van der Waals surface area contributed by atoms with Crippen LogP contribution < -0.4 is 0 Å². The molecule has 0 saturated carbocycles. The molecule has 1 aliphatic heterocycles. The summed E-state index contributed by atoms with van der Waals surface area (Å²) in [6.07, 6.45) is 4.15. The molecule has 1 saturated heterocycles. The SMILES string of the molecule is CC(C)(C)Cc1nnc(C2CCCN(C(=O)c3ccco3)C2)o1. The molecule has 23 heavy (non-hydrogen) atoms. The molecule has 2 aromatic rings. The molecule has 0 aromatic carbocycles. The molecule has 1 aliphatic rings. The summed E-state index contributed by atoms with van der Waals surface area (Å²) >= 11 is 0. The number of carbonyl (C=O) groups is 1. The van der Waals surface area contributed by atoms with Crippen molar-refractivity contribution >= 4 is 5.91 Å². The number of furan rings is 1. The van der Waals surface area contributed by atoms with E-state index in [1.54, 1.807) is 17.0 Å². The van der Waals surface area contributed by atoms with Gasteiger partial charge in [-0.2, -0.15) is 0 Å². The van der Waals surface area contributed by atoms with E-state index in [9.17, 15) is 4.79 Å². The number of piperidine rings is 1. The van der Waals surface area contributed by atoms with Crippen molar-refractivity contribution in [3.63, 3.8) is 0 Å². The first kappa shape index (κ1) is 15.8. The molecule has 1 unspecified atom stereocenters. The zero-order valence-corrected chi connectivity index (χ0v) is 13.9. The van der Waals surface area contributed by atoms with E-state index in [1.165, 1.54) is 6.26 Å². The van der Waals surface area contributed by atoms with Gasteiger partial charge in [0.05, 0.1) is 12.2 Å². The lowest BCUT2D eigenvalue weighted by Gasteiger charge is -2.30. The standard InChI is InChI=1S/C17H23N3O3/c1-17(2,3)10-14-18-19-15(23-14)12-6-4-8-20(11-12)16(21)13-7-5-9-22-13/h5,7,9,12H,4,6,8,10-11H2,1-3H3. The second-order valence-corrected chi connectivity index (χ2v) is 7.34. The highest BCUT2D eigenvalue weighted by Gasteiger charge is 2.30. The number of likely N-dealkylation sites (tertiary alicyclic amines) is 1. The molecule has 6 nitrogen and oxygen atoms in total. The van der Waals surface area contributed by atoms with Gasteiger partial charge in [-0.3, -0.25) is 4.79 Å². The van der Waals surface area contributed by atoms with Gasteiger partial charge in [0.15, 0.2) is 5.76 Å². The highest BCUT2D eigenvalue weighted by Crippen LogP contribution is 2.28. The van der Waals surface area contributed by atoms with Gasteiger partial charge in [-0.15, -0.1) is 10.2 Å². The Morgan fingerprint density at radius 2 is 2.22 bits per heavy atom.